The van der Waals surface area contributed by atoms with E-state index in [1.807, 2.05) is 19.9 Å². The van der Waals surface area contributed by atoms with E-state index in [0.29, 0.717) is 12.2 Å². The van der Waals surface area contributed by atoms with Crippen LogP contribution in [0.2, 0.25) is 0 Å². The Morgan fingerprint density at radius 2 is 2.19 bits per heavy atom. The van der Waals surface area contributed by atoms with E-state index in [9.17, 15) is 9.59 Å². The molecular formula is C12H12N2O2. The van der Waals surface area contributed by atoms with Gasteiger partial charge >= 0.3 is 0 Å². The third kappa shape index (κ3) is 1.53. The molecule has 0 radical (unpaired) electrons. The highest BCUT2D eigenvalue weighted by Crippen LogP contribution is 2.32. The van der Waals surface area contributed by atoms with E-state index in [2.05, 4.69) is 10.3 Å². The van der Waals surface area contributed by atoms with Crippen molar-refractivity contribution in [3.8, 4) is 0 Å². The van der Waals surface area contributed by atoms with Crippen molar-refractivity contribution in [2.75, 3.05) is 0 Å². The Kier molecular flexibility index (Phi) is 2.37. The Morgan fingerprint density at radius 3 is 2.88 bits per heavy atom. The van der Waals surface area contributed by atoms with Crippen molar-refractivity contribution in [2.24, 2.45) is 4.99 Å². The second-order valence-corrected chi connectivity index (χ2v) is 4.35. The highest BCUT2D eigenvalue weighted by atomic mass is 16.2. The molecule has 0 spiro atoms. The molecule has 1 aliphatic heterocycles. The first kappa shape index (κ1) is 10.6. The first-order valence-electron chi connectivity index (χ1n) is 5.05. The van der Waals surface area contributed by atoms with Gasteiger partial charge in [0.2, 0.25) is 12.0 Å². The number of aliphatic imine (C=N–C) groups is 1. The third-order valence-electron chi connectivity index (χ3n) is 2.95. The summed E-state index contributed by atoms with van der Waals surface area (Å²) in [6, 6.07) is 5.41. The number of hydrogen-bond donors (Lipinski definition) is 1. The van der Waals surface area contributed by atoms with Gasteiger partial charge in [-0.2, -0.15) is 4.99 Å². The minimum atomic E-state index is -0.581. The van der Waals surface area contributed by atoms with E-state index in [-0.39, 0.29) is 5.91 Å². The van der Waals surface area contributed by atoms with Crippen LogP contribution in [0.25, 0.3) is 0 Å². The Balaban J connectivity index is 2.59. The Labute approximate surface area is 93.4 Å². The normalized spacial score (nSPS) is 17.0. The smallest absolute Gasteiger partial charge is 0.240 e. The van der Waals surface area contributed by atoms with Gasteiger partial charge in [0.1, 0.15) is 0 Å². The number of isocyanates is 1. The number of fused-ring (bicyclic) bond motifs is 1. The molecule has 4 heteroatoms. The molecule has 0 saturated carbocycles. The molecule has 1 heterocycles. The lowest BCUT2D eigenvalue weighted by Gasteiger charge is -2.31. The van der Waals surface area contributed by atoms with Crippen LogP contribution >= 0.6 is 0 Å². The summed E-state index contributed by atoms with van der Waals surface area (Å²) in [5.74, 6) is -0.00719. The molecule has 2 rings (SSSR count). The molecule has 0 unspecified atom stereocenters. The Bertz CT molecular complexity index is 500. The van der Waals surface area contributed by atoms with Gasteiger partial charge in [-0.05, 0) is 37.1 Å². The van der Waals surface area contributed by atoms with Crippen LogP contribution in [0.4, 0.5) is 5.69 Å². The van der Waals surface area contributed by atoms with Gasteiger partial charge in [-0.15, -0.1) is 0 Å². The molecule has 1 amide bonds. The number of nitrogens with zero attached hydrogens (tertiary/aromatic N) is 1. The first-order chi connectivity index (χ1) is 7.55. The topological polar surface area (TPSA) is 58.5 Å². The summed E-state index contributed by atoms with van der Waals surface area (Å²) in [7, 11) is 0. The van der Waals surface area contributed by atoms with Crippen molar-refractivity contribution in [2.45, 2.75) is 25.8 Å². The van der Waals surface area contributed by atoms with Crippen LogP contribution in [0, 0.1) is 0 Å². The van der Waals surface area contributed by atoms with E-state index in [4.69, 9.17) is 0 Å². The molecule has 16 heavy (non-hydrogen) atoms. The van der Waals surface area contributed by atoms with Gasteiger partial charge in [-0.3, -0.25) is 4.79 Å². The molecule has 4 nitrogen and oxygen atoms in total. The van der Waals surface area contributed by atoms with Gasteiger partial charge < -0.3 is 5.32 Å². The van der Waals surface area contributed by atoms with Gasteiger partial charge in [-0.25, -0.2) is 4.79 Å². The predicted molar refractivity (Wildman–Crippen MR) is 59.1 cm³/mol. The molecule has 1 aromatic carbocycles. The fourth-order valence-corrected chi connectivity index (χ4v) is 1.94. The second-order valence-electron chi connectivity index (χ2n) is 4.35. The third-order valence-corrected chi connectivity index (χ3v) is 2.95. The maximum atomic E-state index is 11.7. The zero-order valence-corrected chi connectivity index (χ0v) is 9.20. The number of nitrogens with one attached hydrogen (secondary N) is 1. The minimum absolute atomic E-state index is 0.00719. The molecule has 82 valence electrons. The van der Waals surface area contributed by atoms with E-state index < -0.39 is 5.41 Å². The zero-order chi connectivity index (χ0) is 11.8. The molecule has 0 atom stereocenters. The van der Waals surface area contributed by atoms with E-state index in [1.165, 1.54) is 6.08 Å². The van der Waals surface area contributed by atoms with Crippen LogP contribution in [0.3, 0.4) is 0 Å². The summed E-state index contributed by atoms with van der Waals surface area (Å²) in [5.41, 5.74) is 1.95. The molecule has 0 saturated heterocycles. The van der Waals surface area contributed by atoms with Crippen LogP contribution in [-0.2, 0) is 21.5 Å². The molecule has 0 fully saturated rings. The molecule has 0 aliphatic carbocycles. The van der Waals surface area contributed by atoms with Crippen molar-refractivity contribution in [3.05, 3.63) is 29.3 Å². The maximum absolute atomic E-state index is 11.7. The highest BCUT2D eigenvalue weighted by molar-refractivity contribution is 5.89. The van der Waals surface area contributed by atoms with Gasteiger partial charge in [0.05, 0.1) is 11.1 Å². The number of amides is 1. The largest absolute Gasteiger partial charge is 0.351 e. The van der Waals surface area contributed by atoms with Crippen LogP contribution in [0.15, 0.2) is 23.2 Å². The Hall–Kier alpha value is -1.93. The van der Waals surface area contributed by atoms with Gasteiger partial charge in [0.15, 0.2) is 0 Å². The van der Waals surface area contributed by atoms with Crippen molar-refractivity contribution >= 4 is 17.7 Å². The quantitative estimate of drug-likeness (QED) is 0.572. The number of benzene rings is 1. The molecular weight excluding hydrogens is 204 g/mol. The SMILES string of the molecule is CC1(C)C(=O)NCc2ccc(N=C=O)cc21. The lowest BCUT2D eigenvalue weighted by molar-refractivity contribution is -0.126. The number of carbonyl (C=O) groups excluding carboxylic acids is 2. The summed E-state index contributed by atoms with van der Waals surface area (Å²) in [6.07, 6.45) is 1.50. The Morgan fingerprint density at radius 1 is 1.44 bits per heavy atom. The minimum Gasteiger partial charge on any atom is -0.351 e. The van der Waals surface area contributed by atoms with Gasteiger partial charge in [0.25, 0.3) is 0 Å². The maximum Gasteiger partial charge on any atom is 0.240 e. The summed E-state index contributed by atoms with van der Waals surface area (Å²) in [6.45, 7) is 4.24. The molecule has 0 bridgehead atoms. The molecule has 1 N–H and O–H groups in total. The second kappa shape index (κ2) is 3.58. The van der Waals surface area contributed by atoms with Crippen molar-refractivity contribution < 1.29 is 9.59 Å². The first-order valence-corrected chi connectivity index (χ1v) is 5.05. The predicted octanol–water partition coefficient (Wildman–Crippen LogP) is 1.56. The molecule has 1 aromatic rings. The fourth-order valence-electron chi connectivity index (χ4n) is 1.94. The van der Waals surface area contributed by atoms with E-state index in [0.717, 1.165) is 11.1 Å². The van der Waals surface area contributed by atoms with Crippen LogP contribution in [0.5, 0.6) is 0 Å². The zero-order valence-electron chi connectivity index (χ0n) is 9.20. The summed E-state index contributed by atoms with van der Waals surface area (Å²) >= 11 is 0. The van der Waals surface area contributed by atoms with Crippen LogP contribution in [0.1, 0.15) is 25.0 Å². The average molecular weight is 216 g/mol. The summed E-state index contributed by atoms with van der Waals surface area (Å²) < 4.78 is 0. The number of carbonyl (C=O) groups is 1. The van der Waals surface area contributed by atoms with Crippen LogP contribution < -0.4 is 5.32 Å². The highest BCUT2D eigenvalue weighted by Gasteiger charge is 2.35. The van der Waals surface area contributed by atoms with Crippen molar-refractivity contribution in [1.29, 1.82) is 0 Å². The fraction of sp³-hybridized carbons (Fsp3) is 0.333. The molecule has 0 aromatic heterocycles. The lowest BCUT2D eigenvalue weighted by atomic mass is 9.78. The van der Waals surface area contributed by atoms with E-state index >= 15 is 0 Å². The summed E-state index contributed by atoms with van der Waals surface area (Å²) in [5, 5.41) is 2.83. The van der Waals surface area contributed by atoms with Gasteiger partial charge in [0, 0.05) is 6.54 Å². The monoisotopic (exact) mass is 216 g/mol. The van der Waals surface area contributed by atoms with Crippen molar-refractivity contribution in [3.63, 3.8) is 0 Å². The number of hydrogen-bond acceptors (Lipinski definition) is 3. The summed E-state index contributed by atoms with van der Waals surface area (Å²) in [4.78, 5) is 25.5. The standard InChI is InChI=1S/C12H12N2O2/c1-12(2)10-5-9(14-7-15)4-3-8(10)6-13-11(12)16/h3-5H,6H2,1-2H3,(H,13,16). The number of rotatable bonds is 1. The van der Waals surface area contributed by atoms with Gasteiger partial charge in [-0.1, -0.05) is 6.07 Å². The average Bonchev–Trinajstić information content (AvgIpc) is 2.25. The van der Waals surface area contributed by atoms with Crippen LogP contribution in [-0.4, -0.2) is 12.0 Å². The molecule has 1 aliphatic rings. The lowest BCUT2D eigenvalue weighted by Crippen LogP contribution is -2.44. The van der Waals surface area contributed by atoms with E-state index in [1.54, 1.807) is 12.1 Å². The van der Waals surface area contributed by atoms with Crippen molar-refractivity contribution in [1.82, 2.24) is 5.32 Å².